The number of hydrogen-bond donors (Lipinski definition) is 3. The summed E-state index contributed by atoms with van der Waals surface area (Å²) in [4.78, 5) is 4.45. The van der Waals surface area contributed by atoms with Crippen molar-refractivity contribution in [3.8, 4) is 0 Å². The van der Waals surface area contributed by atoms with Gasteiger partial charge in [-0.3, -0.25) is 4.99 Å². The number of aryl methyl sites for hydroxylation is 1. The third kappa shape index (κ3) is 5.79. The molecule has 0 saturated heterocycles. The van der Waals surface area contributed by atoms with Crippen molar-refractivity contribution < 1.29 is 9.52 Å². The molecule has 0 radical (unpaired) electrons. The summed E-state index contributed by atoms with van der Waals surface area (Å²) in [7, 11) is 0. The predicted molar refractivity (Wildman–Crippen MR) is 92.5 cm³/mol. The van der Waals surface area contributed by atoms with Gasteiger partial charge in [-0.15, -0.1) is 0 Å². The zero-order chi connectivity index (χ0) is 16.5. The molecule has 0 fully saturated rings. The molecule has 1 aromatic carbocycles. The second-order valence-electron chi connectivity index (χ2n) is 5.41. The average molecular weight is 315 g/mol. The molecule has 0 amide bonds. The van der Waals surface area contributed by atoms with Gasteiger partial charge in [0, 0.05) is 19.5 Å². The minimum atomic E-state index is -0.601. The van der Waals surface area contributed by atoms with Gasteiger partial charge in [-0.1, -0.05) is 29.8 Å². The molecule has 1 unspecified atom stereocenters. The van der Waals surface area contributed by atoms with Crippen molar-refractivity contribution in [2.45, 2.75) is 26.4 Å². The van der Waals surface area contributed by atoms with Gasteiger partial charge in [-0.2, -0.15) is 0 Å². The molecule has 0 spiro atoms. The van der Waals surface area contributed by atoms with Crippen LogP contribution in [-0.2, 0) is 6.42 Å². The second kappa shape index (κ2) is 9.00. The van der Waals surface area contributed by atoms with Gasteiger partial charge in [0.2, 0.25) is 0 Å². The fourth-order valence-electron chi connectivity index (χ4n) is 2.26. The lowest BCUT2D eigenvalue weighted by Crippen LogP contribution is -2.38. The van der Waals surface area contributed by atoms with Crippen LogP contribution in [0.15, 0.2) is 52.1 Å². The molecular formula is C18H25N3O2. The molecule has 5 heteroatoms. The first kappa shape index (κ1) is 17.1. The molecule has 0 saturated carbocycles. The quantitative estimate of drug-likeness (QED) is 0.542. The Kier molecular flexibility index (Phi) is 6.69. The second-order valence-corrected chi connectivity index (χ2v) is 5.41. The number of furan rings is 1. The molecule has 1 aromatic heterocycles. The fourth-order valence-corrected chi connectivity index (χ4v) is 2.26. The van der Waals surface area contributed by atoms with Crippen LogP contribution in [0.25, 0.3) is 0 Å². The number of hydrogen-bond acceptors (Lipinski definition) is 3. The molecule has 3 N–H and O–H groups in total. The summed E-state index contributed by atoms with van der Waals surface area (Å²) in [6.07, 6.45) is 1.86. The largest absolute Gasteiger partial charge is 0.469 e. The number of aliphatic imine (C=N–C) groups is 1. The van der Waals surface area contributed by atoms with E-state index in [1.807, 2.05) is 50.2 Å². The van der Waals surface area contributed by atoms with E-state index in [1.165, 1.54) is 0 Å². The molecule has 0 aliphatic heterocycles. The highest BCUT2D eigenvalue weighted by atomic mass is 16.3. The fraction of sp³-hybridized carbons (Fsp3) is 0.389. The van der Waals surface area contributed by atoms with E-state index in [-0.39, 0.29) is 0 Å². The van der Waals surface area contributed by atoms with E-state index in [1.54, 1.807) is 6.26 Å². The van der Waals surface area contributed by atoms with Gasteiger partial charge >= 0.3 is 0 Å². The van der Waals surface area contributed by atoms with Crippen LogP contribution >= 0.6 is 0 Å². The highest BCUT2D eigenvalue weighted by molar-refractivity contribution is 5.79. The molecular weight excluding hydrogens is 290 g/mol. The minimum absolute atomic E-state index is 0.319. The van der Waals surface area contributed by atoms with E-state index >= 15 is 0 Å². The molecule has 1 heterocycles. The van der Waals surface area contributed by atoms with Gasteiger partial charge in [-0.25, -0.2) is 0 Å². The summed E-state index contributed by atoms with van der Waals surface area (Å²) in [5.74, 6) is 1.64. The highest BCUT2D eigenvalue weighted by Crippen LogP contribution is 2.14. The van der Waals surface area contributed by atoms with Crippen LogP contribution in [0.4, 0.5) is 0 Å². The van der Waals surface area contributed by atoms with Crippen LogP contribution < -0.4 is 10.6 Å². The van der Waals surface area contributed by atoms with E-state index < -0.39 is 6.10 Å². The number of benzene rings is 1. The molecule has 124 valence electrons. The van der Waals surface area contributed by atoms with Gasteiger partial charge in [0.05, 0.1) is 18.9 Å². The van der Waals surface area contributed by atoms with Crippen molar-refractivity contribution in [3.05, 3.63) is 59.5 Å². The van der Waals surface area contributed by atoms with Crippen molar-refractivity contribution in [3.63, 3.8) is 0 Å². The topological polar surface area (TPSA) is 69.8 Å². The molecule has 0 aliphatic carbocycles. The van der Waals surface area contributed by atoms with Crippen LogP contribution in [0.2, 0.25) is 0 Å². The van der Waals surface area contributed by atoms with Crippen LogP contribution in [0.1, 0.15) is 29.9 Å². The van der Waals surface area contributed by atoms with E-state index in [0.717, 1.165) is 36.4 Å². The third-order valence-corrected chi connectivity index (χ3v) is 3.44. The number of guanidine groups is 1. The van der Waals surface area contributed by atoms with Gasteiger partial charge in [0.1, 0.15) is 5.76 Å². The zero-order valence-corrected chi connectivity index (χ0v) is 13.7. The maximum Gasteiger partial charge on any atom is 0.191 e. The Balaban J connectivity index is 1.87. The number of nitrogens with zero attached hydrogens (tertiary/aromatic N) is 1. The standard InChI is InChI=1S/C18H25N3O2/c1-3-19-18(20-10-9-16-8-5-11-23-16)21-13-17(22)15-7-4-6-14(2)12-15/h4-8,11-12,17,22H,3,9-10,13H2,1-2H3,(H2,19,20,21). The number of aliphatic hydroxyl groups is 1. The molecule has 23 heavy (non-hydrogen) atoms. The first-order chi connectivity index (χ1) is 11.2. The summed E-state index contributed by atoms with van der Waals surface area (Å²) in [5.41, 5.74) is 2.02. The first-order valence-corrected chi connectivity index (χ1v) is 7.98. The van der Waals surface area contributed by atoms with Gasteiger partial charge in [-0.05, 0) is 31.5 Å². The van der Waals surface area contributed by atoms with Gasteiger partial charge < -0.3 is 20.2 Å². The van der Waals surface area contributed by atoms with Crippen LogP contribution in [0.5, 0.6) is 0 Å². The van der Waals surface area contributed by atoms with E-state index in [9.17, 15) is 5.11 Å². The van der Waals surface area contributed by atoms with Gasteiger partial charge in [0.15, 0.2) is 5.96 Å². The molecule has 2 rings (SSSR count). The lowest BCUT2D eigenvalue weighted by molar-refractivity contribution is 0.187. The highest BCUT2D eigenvalue weighted by Gasteiger charge is 2.07. The van der Waals surface area contributed by atoms with Crippen LogP contribution in [0.3, 0.4) is 0 Å². The van der Waals surface area contributed by atoms with Crippen molar-refractivity contribution in [1.82, 2.24) is 10.6 Å². The lowest BCUT2D eigenvalue weighted by Gasteiger charge is -2.13. The van der Waals surface area contributed by atoms with Crippen molar-refractivity contribution in [2.75, 3.05) is 19.6 Å². The summed E-state index contributed by atoms with van der Waals surface area (Å²) in [6, 6.07) is 11.7. The van der Waals surface area contributed by atoms with Crippen molar-refractivity contribution >= 4 is 5.96 Å². The van der Waals surface area contributed by atoms with Crippen molar-refractivity contribution in [1.29, 1.82) is 0 Å². The smallest absolute Gasteiger partial charge is 0.191 e. The number of nitrogens with one attached hydrogen (secondary N) is 2. The Bertz CT molecular complexity index is 608. The summed E-state index contributed by atoms with van der Waals surface area (Å²) < 4.78 is 5.30. The maximum atomic E-state index is 10.3. The monoisotopic (exact) mass is 315 g/mol. The summed E-state index contributed by atoms with van der Waals surface area (Å²) >= 11 is 0. The molecule has 5 nitrogen and oxygen atoms in total. The van der Waals surface area contributed by atoms with E-state index in [2.05, 4.69) is 15.6 Å². The molecule has 0 aliphatic rings. The SMILES string of the molecule is CCNC(=NCC(O)c1cccc(C)c1)NCCc1ccco1. The Labute approximate surface area is 137 Å². The Morgan fingerprint density at radius 1 is 1.26 bits per heavy atom. The normalized spacial score (nSPS) is 12.9. The molecule has 1 atom stereocenters. The lowest BCUT2D eigenvalue weighted by atomic mass is 10.1. The average Bonchev–Trinajstić information content (AvgIpc) is 3.05. The Morgan fingerprint density at radius 2 is 2.13 bits per heavy atom. The van der Waals surface area contributed by atoms with E-state index in [0.29, 0.717) is 12.5 Å². The minimum Gasteiger partial charge on any atom is -0.469 e. The van der Waals surface area contributed by atoms with Crippen LogP contribution in [-0.4, -0.2) is 30.7 Å². The number of rotatable bonds is 7. The van der Waals surface area contributed by atoms with Crippen LogP contribution in [0, 0.1) is 6.92 Å². The Hall–Kier alpha value is -2.27. The summed E-state index contributed by atoms with van der Waals surface area (Å²) in [5, 5.41) is 16.7. The van der Waals surface area contributed by atoms with E-state index in [4.69, 9.17) is 4.42 Å². The maximum absolute atomic E-state index is 10.3. The van der Waals surface area contributed by atoms with Gasteiger partial charge in [0.25, 0.3) is 0 Å². The molecule has 2 aromatic rings. The third-order valence-electron chi connectivity index (χ3n) is 3.44. The Morgan fingerprint density at radius 3 is 2.83 bits per heavy atom. The van der Waals surface area contributed by atoms with Crippen molar-refractivity contribution in [2.24, 2.45) is 4.99 Å². The zero-order valence-electron chi connectivity index (χ0n) is 13.7. The first-order valence-electron chi connectivity index (χ1n) is 7.98. The summed E-state index contributed by atoms with van der Waals surface area (Å²) in [6.45, 7) is 5.84. The predicted octanol–water partition coefficient (Wildman–Crippen LogP) is 2.42. The molecule has 0 bridgehead atoms. The number of aliphatic hydroxyl groups excluding tert-OH is 1.